The first kappa shape index (κ1) is 18.4. The maximum absolute atomic E-state index is 12.1. The van der Waals surface area contributed by atoms with Crippen molar-refractivity contribution in [1.82, 2.24) is 10.0 Å². The molecular formula is C19H22N2O4S. The van der Waals surface area contributed by atoms with Crippen LogP contribution in [-0.2, 0) is 21.4 Å². The molecule has 0 spiro atoms. The highest BCUT2D eigenvalue weighted by Crippen LogP contribution is 2.22. The minimum Gasteiger partial charge on any atom is -0.484 e. The first-order valence-corrected chi connectivity index (χ1v) is 9.98. The Morgan fingerprint density at radius 1 is 1.08 bits per heavy atom. The molecule has 1 saturated carbocycles. The summed E-state index contributed by atoms with van der Waals surface area (Å²) < 4.78 is 32.3. The Morgan fingerprint density at radius 2 is 1.73 bits per heavy atom. The molecule has 0 unspecified atom stereocenters. The monoisotopic (exact) mass is 374 g/mol. The largest absolute Gasteiger partial charge is 0.484 e. The fourth-order valence-electron chi connectivity index (χ4n) is 2.31. The van der Waals surface area contributed by atoms with Crippen LogP contribution in [0.2, 0.25) is 0 Å². The van der Waals surface area contributed by atoms with Crippen molar-refractivity contribution in [2.75, 3.05) is 6.61 Å². The van der Waals surface area contributed by atoms with Gasteiger partial charge in [-0.25, -0.2) is 13.1 Å². The summed E-state index contributed by atoms with van der Waals surface area (Å²) in [6, 6.07) is 14.0. The van der Waals surface area contributed by atoms with E-state index in [0.717, 1.165) is 24.0 Å². The van der Waals surface area contributed by atoms with Crippen LogP contribution in [0.15, 0.2) is 53.4 Å². The van der Waals surface area contributed by atoms with Gasteiger partial charge in [-0.1, -0.05) is 29.8 Å². The maximum Gasteiger partial charge on any atom is 0.258 e. The number of hydrogen-bond donors (Lipinski definition) is 2. The Kier molecular flexibility index (Phi) is 5.58. The van der Waals surface area contributed by atoms with E-state index in [9.17, 15) is 13.2 Å². The van der Waals surface area contributed by atoms with Gasteiger partial charge in [0.15, 0.2) is 6.61 Å². The third-order valence-corrected chi connectivity index (χ3v) is 5.55. The van der Waals surface area contributed by atoms with Gasteiger partial charge in [-0.2, -0.15) is 0 Å². The summed E-state index contributed by atoms with van der Waals surface area (Å²) in [5, 5.41) is 2.75. The number of carbonyl (C=O) groups is 1. The van der Waals surface area contributed by atoms with E-state index in [0.29, 0.717) is 12.3 Å². The van der Waals surface area contributed by atoms with Crippen LogP contribution in [-0.4, -0.2) is 27.0 Å². The van der Waals surface area contributed by atoms with Crippen molar-refractivity contribution >= 4 is 15.9 Å². The molecule has 0 bridgehead atoms. The van der Waals surface area contributed by atoms with Gasteiger partial charge in [-0.05, 0) is 49.6 Å². The molecular weight excluding hydrogens is 352 g/mol. The van der Waals surface area contributed by atoms with Gasteiger partial charge in [0.1, 0.15) is 5.75 Å². The zero-order chi connectivity index (χ0) is 18.6. The second kappa shape index (κ2) is 7.88. The lowest BCUT2D eigenvalue weighted by atomic mass is 10.2. The molecule has 7 heteroatoms. The highest BCUT2D eigenvalue weighted by Gasteiger charge is 2.27. The van der Waals surface area contributed by atoms with Crippen LogP contribution in [0.3, 0.4) is 0 Å². The second-order valence-corrected chi connectivity index (χ2v) is 8.13. The highest BCUT2D eigenvalue weighted by atomic mass is 32.2. The number of nitrogens with one attached hydrogen (secondary N) is 2. The Hall–Kier alpha value is -2.38. The molecule has 2 aromatic rings. The number of carbonyl (C=O) groups excluding carboxylic acids is 1. The zero-order valence-corrected chi connectivity index (χ0v) is 15.4. The molecule has 1 fully saturated rings. The van der Waals surface area contributed by atoms with E-state index in [1.54, 1.807) is 24.3 Å². The molecule has 26 heavy (non-hydrogen) atoms. The standard InChI is InChI=1S/C19H22N2O4S/c1-14-2-8-17(9-3-14)25-13-19(22)20-12-15-4-10-18(11-5-15)26(23,24)21-16-6-7-16/h2-5,8-11,16,21H,6-7,12-13H2,1H3,(H,20,22). The number of aryl methyl sites for hydroxylation is 1. The van der Waals surface area contributed by atoms with Crippen LogP contribution < -0.4 is 14.8 Å². The Bertz CT molecular complexity index is 857. The van der Waals surface area contributed by atoms with Gasteiger partial charge >= 0.3 is 0 Å². The number of benzene rings is 2. The third kappa shape index (κ3) is 5.31. The molecule has 0 aliphatic heterocycles. The van der Waals surface area contributed by atoms with Gasteiger partial charge in [0.05, 0.1) is 4.90 Å². The van der Waals surface area contributed by atoms with E-state index < -0.39 is 10.0 Å². The summed E-state index contributed by atoms with van der Waals surface area (Å²) in [4.78, 5) is 12.1. The molecule has 6 nitrogen and oxygen atoms in total. The quantitative estimate of drug-likeness (QED) is 0.741. The number of ether oxygens (including phenoxy) is 1. The van der Waals surface area contributed by atoms with Crippen molar-refractivity contribution in [3.05, 3.63) is 59.7 Å². The minimum atomic E-state index is -3.44. The molecule has 1 aliphatic rings. The average molecular weight is 374 g/mol. The summed E-state index contributed by atoms with van der Waals surface area (Å²) in [5.41, 5.74) is 1.94. The highest BCUT2D eigenvalue weighted by molar-refractivity contribution is 7.89. The van der Waals surface area contributed by atoms with Crippen LogP contribution in [0.4, 0.5) is 0 Å². The minimum absolute atomic E-state index is 0.0686. The van der Waals surface area contributed by atoms with Gasteiger partial charge in [-0.15, -0.1) is 0 Å². The molecule has 0 saturated heterocycles. The molecule has 1 aliphatic carbocycles. The average Bonchev–Trinajstić information content (AvgIpc) is 3.43. The summed E-state index contributed by atoms with van der Waals surface area (Å²) in [6.07, 6.45) is 1.79. The van der Waals surface area contributed by atoms with Gasteiger partial charge in [0.25, 0.3) is 5.91 Å². The predicted molar refractivity (Wildman–Crippen MR) is 98.3 cm³/mol. The van der Waals surface area contributed by atoms with E-state index in [1.165, 1.54) is 0 Å². The summed E-state index contributed by atoms with van der Waals surface area (Å²) in [6.45, 7) is 2.22. The van der Waals surface area contributed by atoms with Crippen molar-refractivity contribution in [2.45, 2.75) is 37.2 Å². The summed E-state index contributed by atoms with van der Waals surface area (Å²) >= 11 is 0. The van der Waals surface area contributed by atoms with Crippen molar-refractivity contribution < 1.29 is 17.9 Å². The number of sulfonamides is 1. The van der Waals surface area contributed by atoms with Crippen LogP contribution in [0.25, 0.3) is 0 Å². The molecule has 2 aromatic carbocycles. The molecule has 1 amide bonds. The van der Waals surface area contributed by atoms with Crippen molar-refractivity contribution in [3.8, 4) is 5.75 Å². The maximum atomic E-state index is 12.1. The van der Waals surface area contributed by atoms with E-state index in [2.05, 4.69) is 10.0 Å². The lowest BCUT2D eigenvalue weighted by Gasteiger charge is -2.09. The molecule has 138 valence electrons. The van der Waals surface area contributed by atoms with Gasteiger partial charge in [-0.3, -0.25) is 4.79 Å². The van der Waals surface area contributed by atoms with Gasteiger partial charge < -0.3 is 10.1 Å². The molecule has 3 rings (SSSR count). The Labute approximate surface area is 153 Å². The summed E-state index contributed by atoms with van der Waals surface area (Å²) in [7, 11) is -3.44. The lowest BCUT2D eigenvalue weighted by Crippen LogP contribution is -2.28. The Morgan fingerprint density at radius 3 is 2.35 bits per heavy atom. The van der Waals surface area contributed by atoms with Crippen molar-refractivity contribution in [3.63, 3.8) is 0 Å². The van der Waals surface area contributed by atoms with Crippen molar-refractivity contribution in [2.24, 2.45) is 0 Å². The molecule has 2 N–H and O–H groups in total. The lowest BCUT2D eigenvalue weighted by molar-refractivity contribution is -0.123. The number of rotatable bonds is 8. The van der Waals surface area contributed by atoms with E-state index in [4.69, 9.17) is 4.74 Å². The smallest absolute Gasteiger partial charge is 0.258 e. The SMILES string of the molecule is Cc1ccc(OCC(=O)NCc2ccc(S(=O)(=O)NC3CC3)cc2)cc1. The first-order valence-electron chi connectivity index (χ1n) is 8.50. The molecule has 0 radical (unpaired) electrons. The Balaban J connectivity index is 1.46. The molecule has 0 atom stereocenters. The molecule has 0 aromatic heterocycles. The second-order valence-electron chi connectivity index (χ2n) is 6.42. The fraction of sp³-hybridized carbons (Fsp3) is 0.316. The predicted octanol–water partition coefficient (Wildman–Crippen LogP) is 2.13. The number of amides is 1. The normalized spacial score (nSPS) is 14.0. The van der Waals surface area contributed by atoms with E-state index in [1.807, 2.05) is 31.2 Å². The fourth-order valence-corrected chi connectivity index (χ4v) is 3.62. The van der Waals surface area contributed by atoms with Crippen LogP contribution in [0.1, 0.15) is 24.0 Å². The molecule has 0 heterocycles. The first-order chi connectivity index (χ1) is 12.4. The third-order valence-electron chi connectivity index (χ3n) is 4.01. The summed E-state index contributed by atoms with van der Waals surface area (Å²) in [5.74, 6) is 0.404. The number of hydrogen-bond acceptors (Lipinski definition) is 4. The van der Waals surface area contributed by atoms with E-state index in [-0.39, 0.29) is 23.5 Å². The van der Waals surface area contributed by atoms with Gasteiger partial charge in [0.2, 0.25) is 10.0 Å². The van der Waals surface area contributed by atoms with E-state index >= 15 is 0 Å². The van der Waals surface area contributed by atoms with Crippen LogP contribution in [0, 0.1) is 6.92 Å². The van der Waals surface area contributed by atoms with Crippen LogP contribution in [0.5, 0.6) is 5.75 Å². The zero-order valence-electron chi connectivity index (χ0n) is 14.6. The van der Waals surface area contributed by atoms with Gasteiger partial charge in [0, 0.05) is 12.6 Å². The topological polar surface area (TPSA) is 84.5 Å². The van der Waals surface area contributed by atoms with Crippen molar-refractivity contribution in [1.29, 1.82) is 0 Å². The van der Waals surface area contributed by atoms with Crippen LogP contribution >= 0.6 is 0 Å².